The summed E-state index contributed by atoms with van der Waals surface area (Å²) in [7, 11) is 3.88. The van der Waals surface area contributed by atoms with Crippen molar-refractivity contribution in [1.29, 1.82) is 0 Å². The average Bonchev–Trinajstić information content (AvgIpc) is 3.06. The van der Waals surface area contributed by atoms with Crippen molar-refractivity contribution < 1.29 is 14.7 Å². The lowest BCUT2D eigenvalue weighted by atomic mass is 9.85. The van der Waals surface area contributed by atoms with Crippen molar-refractivity contribution in [2.45, 2.75) is 57.9 Å². The Morgan fingerprint density at radius 3 is 2.26 bits per heavy atom. The molecule has 0 spiro atoms. The van der Waals surface area contributed by atoms with Gasteiger partial charge < -0.3 is 14.9 Å². The number of aryl methyl sites for hydroxylation is 2. The summed E-state index contributed by atoms with van der Waals surface area (Å²) >= 11 is 0. The van der Waals surface area contributed by atoms with Crippen LogP contribution in [-0.2, 0) is 27.8 Å². The largest absolute Gasteiger partial charge is 0.507 e. The number of fused-ring (bicyclic) bond motifs is 1. The molecule has 1 saturated heterocycles. The van der Waals surface area contributed by atoms with E-state index in [0.717, 1.165) is 24.8 Å². The SMILES string of the molecule is CN(C)CCN1C(=O)C(=O)/C(=C(\O)c2ccc3c(c2)CCCC3)C1c1ccc(C(C)(C)C)cc1. The number of aliphatic hydroxyl groups excluding tert-OH is 1. The Balaban J connectivity index is 1.81. The number of likely N-dealkylation sites (N-methyl/N-ethyl adjacent to an activating group) is 1. The molecule has 1 N–H and O–H groups in total. The molecule has 0 saturated carbocycles. The van der Waals surface area contributed by atoms with E-state index < -0.39 is 17.7 Å². The minimum absolute atomic E-state index is 0.00556. The molecule has 2 aromatic rings. The van der Waals surface area contributed by atoms with Crippen LogP contribution in [0.1, 0.15) is 67.5 Å². The molecule has 2 aliphatic rings. The monoisotopic (exact) mass is 460 g/mol. The van der Waals surface area contributed by atoms with Crippen molar-refractivity contribution in [2.24, 2.45) is 0 Å². The number of carbonyl (C=O) groups is 2. The van der Waals surface area contributed by atoms with Crippen LogP contribution in [0.3, 0.4) is 0 Å². The van der Waals surface area contributed by atoms with Gasteiger partial charge in [0.1, 0.15) is 5.76 Å². The highest BCUT2D eigenvalue weighted by molar-refractivity contribution is 6.46. The highest BCUT2D eigenvalue weighted by atomic mass is 16.3. The third-order valence-corrected chi connectivity index (χ3v) is 7.04. The van der Waals surface area contributed by atoms with Gasteiger partial charge in [0.25, 0.3) is 11.7 Å². The normalized spacial score (nSPS) is 20.2. The Kier molecular flexibility index (Phi) is 6.68. The molecule has 1 heterocycles. The summed E-state index contributed by atoms with van der Waals surface area (Å²) in [5.41, 5.74) is 5.34. The van der Waals surface area contributed by atoms with Gasteiger partial charge in [-0.2, -0.15) is 0 Å². The predicted octanol–water partition coefficient (Wildman–Crippen LogP) is 4.85. The van der Waals surface area contributed by atoms with Gasteiger partial charge in [0, 0.05) is 18.7 Å². The fourth-order valence-corrected chi connectivity index (χ4v) is 4.97. The maximum atomic E-state index is 13.3. The minimum atomic E-state index is -0.612. The Morgan fingerprint density at radius 1 is 1.00 bits per heavy atom. The molecule has 2 aromatic carbocycles. The fraction of sp³-hybridized carbons (Fsp3) is 0.448. The van der Waals surface area contributed by atoms with Crippen LogP contribution < -0.4 is 0 Å². The molecular weight excluding hydrogens is 424 g/mol. The summed E-state index contributed by atoms with van der Waals surface area (Å²) in [6.07, 6.45) is 4.34. The number of benzene rings is 2. The third kappa shape index (κ3) is 4.67. The molecule has 5 nitrogen and oxygen atoms in total. The first-order valence-electron chi connectivity index (χ1n) is 12.2. The molecule has 1 aliphatic heterocycles. The number of hydrogen-bond acceptors (Lipinski definition) is 4. The first-order chi connectivity index (χ1) is 16.1. The van der Waals surface area contributed by atoms with Gasteiger partial charge in [0.15, 0.2) is 0 Å². The number of hydrogen-bond donors (Lipinski definition) is 1. The topological polar surface area (TPSA) is 60.9 Å². The van der Waals surface area contributed by atoms with Crippen LogP contribution in [0, 0.1) is 0 Å². The van der Waals surface area contributed by atoms with Gasteiger partial charge in [-0.05, 0) is 73.5 Å². The second kappa shape index (κ2) is 9.38. The molecule has 1 unspecified atom stereocenters. The van der Waals surface area contributed by atoms with Crippen molar-refractivity contribution in [2.75, 3.05) is 27.2 Å². The fourth-order valence-electron chi connectivity index (χ4n) is 4.97. The summed E-state index contributed by atoms with van der Waals surface area (Å²) in [6, 6.07) is 13.4. The smallest absolute Gasteiger partial charge is 0.295 e. The molecule has 1 aliphatic carbocycles. The number of amides is 1. The second-order valence-corrected chi connectivity index (χ2v) is 10.9. The van der Waals surface area contributed by atoms with Gasteiger partial charge in [0.2, 0.25) is 0 Å². The van der Waals surface area contributed by atoms with Gasteiger partial charge in [-0.3, -0.25) is 9.59 Å². The second-order valence-electron chi connectivity index (χ2n) is 10.9. The first-order valence-corrected chi connectivity index (χ1v) is 12.2. The van der Waals surface area contributed by atoms with E-state index in [9.17, 15) is 14.7 Å². The standard InChI is InChI=1S/C29H36N2O3/c1-29(2,3)23-14-12-20(13-15-23)25-24(27(33)28(34)31(25)17-16-30(4)5)26(32)22-11-10-19-8-6-7-9-21(19)18-22/h10-15,18,25,32H,6-9,16-17H2,1-5H3/b26-24-. The van der Waals surface area contributed by atoms with Crippen molar-refractivity contribution in [3.05, 3.63) is 75.9 Å². The van der Waals surface area contributed by atoms with Crippen LogP contribution in [0.5, 0.6) is 0 Å². The number of ketones is 1. The van der Waals surface area contributed by atoms with Gasteiger partial charge in [-0.15, -0.1) is 0 Å². The molecule has 34 heavy (non-hydrogen) atoms. The van der Waals surface area contributed by atoms with Gasteiger partial charge >= 0.3 is 0 Å². The van der Waals surface area contributed by atoms with E-state index in [1.807, 2.05) is 43.3 Å². The molecule has 0 radical (unpaired) electrons. The number of nitrogens with zero attached hydrogens (tertiary/aromatic N) is 2. The summed E-state index contributed by atoms with van der Waals surface area (Å²) < 4.78 is 0. The number of aliphatic hydroxyl groups is 1. The number of likely N-dealkylation sites (tertiary alicyclic amines) is 1. The van der Waals surface area contributed by atoms with Gasteiger partial charge in [-0.25, -0.2) is 0 Å². The highest BCUT2D eigenvalue weighted by Gasteiger charge is 2.46. The first kappa shape index (κ1) is 24.2. The van der Waals surface area contributed by atoms with E-state index in [-0.39, 0.29) is 16.7 Å². The molecule has 0 aromatic heterocycles. The third-order valence-electron chi connectivity index (χ3n) is 7.04. The summed E-state index contributed by atoms with van der Waals surface area (Å²) in [5, 5.41) is 11.4. The predicted molar refractivity (Wildman–Crippen MR) is 136 cm³/mol. The molecule has 1 amide bonds. The summed E-state index contributed by atoms with van der Waals surface area (Å²) in [6.45, 7) is 7.50. The maximum absolute atomic E-state index is 13.3. The quantitative estimate of drug-likeness (QED) is 0.394. The van der Waals surface area contributed by atoms with E-state index >= 15 is 0 Å². The van der Waals surface area contributed by atoms with E-state index in [1.165, 1.54) is 23.1 Å². The molecule has 0 bridgehead atoms. The lowest BCUT2D eigenvalue weighted by molar-refractivity contribution is -0.140. The maximum Gasteiger partial charge on any atom is 0.295 e. The van der Waals surface area contributed by atoms with E-state index in [1.54, 1.807) is 4.90 Å². The zero-order valence-corrected chi connectivity index (χ0v) is 21.0. The van der Waals surface area contributed by atoms with E-state index in [4.69, 9.17) is 0 Å². The van der Waals surface area contributed by atoms with Crippen LogP contribution in [-0.4, -0.2) is 53.8 Å². The summed E-state index contributed by atoms with van der Waals surface area (Å²) in [4.78, 5) is 30.0. The molecule has 4 rings (SSSR count). The average molecular weight is 461 g/mol. The van der Waals surface area contributed by atoms with E-state index in [2.05, 4.69) is 39.0 Å². The Morgan fingerprint density at radius 2 is 1.65 bits per heavy atom. The highest BCUT2D eigenvalue weighted by Crippen LogP contribution is 2.40. The van der Waals surface area contributed by atoms with E-state index in [0.29, 0.717) is 18.7 Å². The lowest BCUT2D eigenvalue weighted by Crippen LogP contribution is -2.35. The lowest BCUT2D eigenvalue weighted by Gasteiger charge is -2.27. The molecule has 180 valence electrons. The molecule has 1 fully saturated rings. The molecule has 5 heteroatoms. The van der Waals surface area contributed by atoms with Crippen LogP contribution in [0.2, 0.25) is 0 Å². The number of carbonyl (C=O) groups excluding carboxylic acids is 2. The zero-order valence-electron chi connectivity index (χ0n) is 21.0. The molecule has 1 atom stereocenters. The summed E-state index contributed by atoms with van der Waals surface area (Å²) in [5.74, 6) is -1.24. The van der Waals surface area contributed by atoms with Crippen molar-refractivity contribution >= 4 is 17.4 Å². The number of Topliss-reactive ketones (excluding diaryl/α,β-unsaturated/α-hetero) is 1. The Bertz CT molecular complexity index is 1120. The molecular formula is C29H36N2O3. The van der Waals surface area contributed by atoms with Crippen LogP contribution in [0.25, 0.3) is 5.76 Å². The van der Waals surface area contributed by atoms with Crippen LogP contribution in [0.4, 0.5) is 0 Å². The van der Waals surface area contributed by atoms with Gasteiger partial charge in [-0.1, -0.05) is 57.2 Å². The Labute approximate surface area is 203 Å². The van der Waals surface area contributed by atoms with Crippen LogP contribution >= 0.6 is 0 Å². The van der Waals surface area contributed by atoms with Gasteiger partial charge in [0.05, 0.1) is 11.6 Å². The van der Waals surface area contributed by atoms with Crippen molar-refractivity contribution in [3.8, 4) is 0 Å². The van der Waals surface area contributed by atoms with Crippen molar-refractivity contribution in [1.82, 2.24) is 9.80 Å². The van der Waals surface area contributed by atoms with Crippen LogP contribution in [0.15, 0.2) is 48.0 Å². The number of rotatable bonds is 5. The van der Waals surface area contributed by atoms with Crippen molar-refractivity contribution in [3.63, 3.8) is 0 Å². The Hall–Kier alpha value is -2.92. The minimum Gasteiger partial charge on any atom is -0.507 e. The zero-order chi connectivity index (χ0) is 24.6.